The molecule has 0 radical (unpaired) electrons. The Morgan fingerprint density at radius 1 is 1.42 bits per heavy atom. The van der Waals surface area contributed by atoms with Crippen molar-refractivity contribution >= 4 is 14.4 Å². The number of nitrogens with zero attached hydrogens (tertiary/aromatic N) is 1. The van der Waals surface area contributed by atoms with Crippen molar-refractivity contribution in [1.82, 2.24) is 0 Å². The van der Waals surface area contributed by atoms with Crippen LogP contribution in [0.2, 0.25) is 19.1 Å². The van der Waals surface area contributed by atoms with Crippen LogP contribution in [0, 0.1) is 0 Å². The molecule has 0 saturated carbocycles. The van der Waals surface area contributed by atoms with Gasteiger partial charge in [0.25, 0.3) is 0 Å². The molecule has 0 aliphatic heterocycles. The molecule has 1 N–H and O–H groups in total. The lowest BCUT2D eigenvalue weighted by Gasteiger charge is -2.23. The van der Waals surface area contributed by atoms with E-state index >= 15 is 0 Å². The van der Waals surface area contributed by atoms with E-state index in [2.05, 4.69) is 24.0 Å². The summed E-state index contributed by atoms with van der Waals surface area (Å²) in [5, 5.41) is 0. The maximum Gasteiger partial charge on any atom is 0.235 e. The van der Waals surface area contributed by atoms with E-state index in [0.717, 1.165) is 11.6 Å². The maximum atomic E-state index is 10.5. The molecular weight excluding hydrogens is 254 g/mol. The summed E-state index contributed by atoms with van der Waals surface area (Å²) in [7, 11) is -2.07. The van der Waals surface area contributed by atoms with Gasteiger partial charge in [-0.25, -0.2) is 4.79 Å². The van der Waals surface area contributed by atoms with Gasteiger partial charge in [-0.3, -0.25) is 0 Å². The fourth-order valence-corrected chi connectivity index (χ4v) is 4.01. The standard InChI is InChI=1S/C15H23NO2Si/c1-12(10-19(4,5)18)13-7-6-8-14(9-13)15(2,3)16-11-17/h6-9,12,18H,10H2,1-5H3. The number of aliphatic imine (C=N–C) groups is 1. The molecule has 104 valence electrons. The summed E-state index contributed by atoms with van der Waals surface area (Å²) in [6.45, 7) is 9.82. The van der Waals surface area contributed by atoms with Crippen molar-refractivity contribution in [2.45, 2.75) is 51.4 Å². The van der Waals surface area contributed by atoms with E-state index in [1.165, 1.54) is 5.56 Å². The summed E-state index contributed by atoms with van der Waals surface area (Å²) in [6.07, 6.45) is 1.64. The first-order valence-electron chi connectivity index (χ1n) is 6.57. The molecule has 0 amide bonds. The minimum Gasteiger partial charge on any atom is -0.432 e. The molecule has 4 heteroatoms. The van der Waals surface area contributed by atoms with E-state index in [9.17, 15) is 9.59 Å². The third-order valence-corrected chi connectivity index (χ3v) is 4.90. The smallest absolute Gasteiger partial charge is 0.235 e. The predicted octanol–water partition coefficient (Wildman–Crippen LogP) is 3.56. The molecule has 0 fully saturated rings. The summed E-state index contributed by atoms with van der Waals surface area (Å²) < 4.78 is 0. The fraction of sp³-hybridized carbons (Fsp3) is 0.533. The Morgan fingerprint density at radius 2 is 2.05 bits per heavy atom. The minimum absolute atomic E-state index is 0.308. The average Bonchev–Trinajstić information content (AvgIpc) is 2.27. The van der Waals surface area contributed by atoms with Gasteiger partial charge < -0.3 is 4.80 Å². The van der Waals surface area contributed by atoms with E-state index in [-0.39, 0.29) is 0 Å². The summed E-state index contributed by atoms with van der Waals surface area (Å²) in [4.78, 5) is 24.4. The van der Waals surface area contributed by atoms with Crippen molar-refractivity contribution in [1.29, 1.82) is 0 Å². The van der Waals surface area contributed by atoms with Crippen molar-refractivity contribution in [3.63, 3.8) is 0 Å². The van der Waals surface area contributed by atoms with E-state index in [1.807, 2.05) is 39.1 Å². The highest BCUT2D eigenvalue weighted by Crippen LogP contribution is 2.30. The highest BCUT2D eigenvalue weighted by molar-refractivity contribution is 6.69. The Balaban J connectivity index is 3.04. The van der Waals surface area contributed by atoms with Gasteiger partial charge in [-0.2, -0.15) is 4.99 Å². The van der Waals surface area contributed by atoms with Crippen LogP contribution < -0.4 is 0 Å². The predicted molar refractivity (Wildman–Crippen MR) is 80.5 cm³/mol. The molecule has 0 aromatic heterocycles. The summed E-state index contributed by atoms with van der Waals surface area (Å²) in [6, 6.07) is 8.92. The van der Waals surface area contributed by atoms with Gasteiger partial charge in [0, 0.05) is 0 Å². The highest BCUT2D eigenvalue weighted by Gasteiger charge is 2.24. The van der Waals surface area contributed by atoms with Gasteiger partial charge in [-0.15, -0.1) is 0 Å². The number of benzene rings is 1. The van der Waals surface area contributed by atoms with Crippen molar-refractivity contribution < 1.29 is 9.59 Å². The second-order valence-corrected chi connectivity index (χ2v) is 10.3. The lowest BCUT2D eigenvalue weighted by atomic mass is 9.91. The molecule has 1 atom stereocenters. The third-order valence-electron chi connectivity index (χ3n) is 3.29. The first kappa shape index (κ1) is 15.8. The van der Waals surface area contributed by atoms with Gasteiger partial charge in [0.2, 0.25) is 6.08 Å². The zero-order valence-electron chi connectivity index (χ0n) is 12.4. The molecule has 0 saturated heterocycles. The number of hydrogen-bond acceptors (Lipinski definition) is 3. The van der Waals surface area contributed by atoms with Crippen molar-refractivity contribution in [2.75, 3.05) is 0 Å². The highest BCUT2D eigenvalue weighted by atomic mass is 28.4. The first-order chi connectivity index (χ1) is 8.65. The van der Waals surface area contributed by atoms with E-state index in [4.69, 9.17) is 0 Å². The second kappa shape index (κ2) is 5.82. The number of isocyanates is 1. The lowest BCUT2D eigenvalue weighted by molar-refractivity contribution is 0.522. The van der Waals surface area contributed by atoms with Crippen LogP contribution in [0.5, 0.6) is 0 Å². The van der Waals surface area contributed by atoms with Gasteiger partial charge in [0.05, 0.1) is 5.54 Å². The van der Waals surface area contributed by atoms with Crippen molar-refractivity contribution in [3.8, 4) is 0 Å². The Bertz CT molecular complexity index is 485. The Labute approximate surface area is 116 Å². The van der Waals surface area contributed by atoms with Crippen molar-refractivity contribution in [3.05, 3.63) is 35.4 Å². The number of carbonyl (C=O) groups excluding carboxylic acids is 1. The Morgan fingerprint density at radius 3 is 2.58 bits per heavy atom. The van der Waals surface area contributed by atoms with Gasteiger partial charge in [-0.05, 0) is 50.0 Å². The van der Waals surface area contributed by atoms with Crippen LogP contribution in [0.4, 0.5) is 0 Å². The maximum absolute atomic E-state index is 10.5. The fourth-order valence-electron chi connectivity index (χ4n) is 2.27. The zero-order valence-corrected chi connectivity index (χ0v) is 13.4. The summed E-state index contributed by atoms with van der Waals surface area (Å²) >= 11 is 0. The monoisotopic (exact) mass is 277 g/mol. The molecule has 0 bridgehead atoms. The molecule has 1 rings (SSSR count). The van der Waals surface area contributed by atoms with Crippen LogP contribution >= 0.6 is 0 Å². The Kier molecular flexibility index (Phi) is 4.85. The van der Waals surface area contributed by atoms with E-state index in [1.54, 1.807) is 6.08 Å². The molecular formula is C15H23NO2Si. The van der Waals surface area contributed by atoms with Gasteiger partial charge >= 0.3 is 0 Å². The topological polar surface area (TPSA) is 49.7 Å². The van der Waals surface area contributed by atoms with Crippen LogP contribution in [0.1, 0.15) is 37.8 Å². The molecule has 3 nitrogen and oxygen atoms in total. The third kappa shape index (κ3) is 4.75. The molecule has 1 unspecified atom stereocenters. The lowest BCUT2D eigenvalue weighted by Crippen LogP contribution is -2.26. The first-order valence-corrected chi connectivity index (χ1v) is 9.73. The molecule has 0 aliphatic carbocycles. The normalized spacial score (nSPS) is 13.8. The molecule has 19 heavy (non-hydrogen) atoms. The molecule has 1 aromatic rings. The van der Waals surface area contributed by atoms with Gasteiger partial charge in [0.1, 0.15) is 0 Å². The molecule has 0 heterocycles. The molecule has 1 aromatic carbocycles. The quantitative estimate of drug-likeness (QED) is 0.508. The molecule has 0 spiro atoms. The van der Waals surface area contributed by atoms with Crippen LogP contribution in [0.3, 0.4) is 0 Å². The second-order valence-electron chi connectivity index (χ2n) is 6.31. The minimum atomic E-state index is -2.07. The van der Waals surface area contributed by atoms with E-state index in [0.29, 0.717) is 5.92 Å². The summed E-state index contributed by atoms with van der Waals surface area (Å²) in [5.41, 5.74) is 1.63. The van der Waals surface area contributed by atoms with Gasteiger partial charge in [-0.1, -0.05) is 31.2 Å². The van der Waals surface area contributed by atoms with Crippen LogP contribution in [0.25, 0.3) is 0 Å². The van der Waals surface area contributed by atoms with Gasteiger partial charge in [0.15, 0.2) is 8.32 Å². The number of hydrogen-bond donors (Lipinski definition) is 1. The van der Waals surface area contributed by atoms with Crippen LogP contribution in [0.15, 0.2) is 29.3 Å². The van der Waals surface area contributed by atoms with Crippen LogP contribution in [-0.4, -0.2) is 19.2 Å². The Hall–Kier alpha value is -1.22. The van der Waals surface area contributed by atoms with Crippen molar-refractivity contribution in [2.24, 2.45) is 4.99 Å². The molecule has 0 aliphatic rings. The number of rotatable bonds is 5. The van der Waals surface area contributed by atoms with E-state index < -0.39 is 13.9 Å². The van der Waals surface area contributed by atoms with Crippen LogP contribution in [-0.2, 0) is 10.3 Å². The summed E-state index contributed by atoms with van der Waals surface area (Å²) in [5.74, 6) is 0.308. The SMILES string of the molecule is CC(C[Si](C)(C)O)c1cccc(C(C)(C)N=C=O)c1. The zero-order chi connectivity index (χ0) is 14.7. The average molecular weight is 277 g/mol. The largest absolute Gasteiger partial charge is 0.432 e.